The molecule has 0 aliphatic rings. The van der Waals surface area contributed by atoms with E-state index in [9.17, 15) is 0 Å². The van der Waals surface area contributed by atoms with Gasteiger partial charge in [0.05, 0.1) is 5.52 Å². The van der Waals surface area contributed by atoms with Crippen LogP contribution in [0.2, 0.25) is 0 Å². The lowest BCUT2D eigenvalue weighted by Gasteiger charge is -2.09. The van der Waals surface area contributed by atoms with Crippen molar-refractivity contribution < 1.29 is 5.11 Å². The first-order valence-electron chi connectivity index (χ1n) is 6.95. The van der Waals surface area contributed by atoms with Crippen LogP contribution in [0.5, 0.6) is 0 Å². The average molecular weight is 258 g/mol. The monoisotopic (exact) mass is 258 g/mol. The van der Waals surface area contributed by atoms with Crippen LogP contribution >= 0.6 is 0 Å². The molecule has 0 aliphatic carbocycles. The molecule has 0 spiro atoms. The number of hydrogen-bond donors (Lipinski definition) is 2. The third-order valence-electron chi connectivity index (χ3n) is 3.42. The van der Waals surface area contributed by atoms with E-state index in [1.54, 1.807) is 0 Å². The SMILES string of the molecule is CC(CO)CCCNCc1ccnc2ccccc12. The Morgan fingerprint density at radius 2 is 2.11 bits per heavy atom. The van der Waals surface area contributed by atoms with Crippen LogP contribution in [0.3, 0.4) is 0 Å². The molecule has 2 N–H and O–H groups in total. The zero-order chi connectivity index (χ0) is 13.5. The number of aliphatic hydroxyl groups excluding tert-OH is 1. The molecule has 0 radical (unpaired) electrons. The predicted octanol–water partition coefficient (Wildman–Crippen LogP) is 2.73. The summed E-state index contributed by atoms with van der Waals surface area (Å²) in [7, 11) is 0. The van der Waals surface area contributed by atoms with Gasteiger partial charge in [-0.25, -0.2) is 0 Å². The summed E-state index contributed by atoms with van der Waals surface area (Å²) in [5.41, 5.74) is 2.34. The molecule has 0 saturated carbocycles. The summed E-state index contributed by atoms with van der Waals surface area (Å²) in [4.78, 5) is 4.36. The Morgan fingerprint density at radius 3 is 2.95 bits per heavy atom. The lowest BCUT2D eigenvalue weighted by molar-refractivity contribution is 0.228. The van der Waals surface area contributed by atoms with Crippen LogP contribution in [0.25, 0.3) is 10.9 Å². The number of rotatable bonds is 7. The van der Waals surface area contributed by atoms with Gasteiger partial charge in [-0.3, -0.25) is 4.98 Å². The Kier molecular flexibility index (Phi) is 5.31. The first-order valence-corrected chi connectivity index (χ1v) is 6.95. The molecule has 19 heavy (non-hydrogen) atoms. The molecule has 102 valence electrons. The van der Waals surface area contributed by atoms with Crippen molar-refractivity contribution in [1.29, 1.82) is 0 Å². The molecular weight excluding hydrogens is 236 g/mol. The third-order valence-corrected chi connectivity index (χ3v) is 3.42. The molecule has 3 heteroatoms. The molecule has 1 aromatic carbocycles. The second kappa shape index (κ2) is 7.22. The fraction of sp³-hybridized carbons (Fsp3) is 0.438. The van der Waals surface area contributed by atoms with Crippen LogP contribution in [0.1, 0.15) is 25.3 Å². The number of pyridine rings is 1. The summed E-state index contributed by atoms with van der Waals surface area (Å²) in [6.07, 6.45) is 4.04. The summed E-state index contributed by atoms with van der Waals surface area (Å²) in [5.74, 6) is 0.406. The molecule has 1 aromatic heterocycles. The van der Waals surface area contributed by atoms with Crippen molar-refractivity contribution in [3.05, 3.63) is 42.1 Å². The first-order chi connectivity index (χ1) is 9.31. The highest BCUT2D eigenvalue weighted by Gasteiger charge is 2.02. The van der Waals surface area contributed by atoms with Crippen LogP contribution < -0.4 is 5.32 Å². The Balaban J connectivity index is 1.85. The minimum Gasteiger partial charge on any atom is -0.396 e. The van der Waals surface area contributed by atoms with Gasteiger partial charge in [0.1, 0.15) is 0 Å². The minimum atomic E-state index is 0.287. The van der Waals surface area contributed by atoms with Crippen molar-refractivity contribution in [1.82, 2.24) is 10.3 Å². The zero-order valence-electron chi connectivity index (χ0n) is 11.5. The molecule has 1 heterocycles. The van der Waals surface area contributed by atoms with Gasteiger partial charge in [0.15, 0.2) is 0 Å². The number of nitrogens with zero attached hydrogens (tertiary/aromatic N) is 1. The van der Waals surface area contributed by atoms with Gasteiger partial charge in [-0.15, -0.1) is 0 Å². The number of para-hydroxylation sites is 1. The van der Waals surface area contributed by atoms with Crippen molar-refractivity contribution in [3.63, 3.8) is 0 Å². The third kappa shape index (κ3) is 4.01. The second-order valence-corrected chi connectivity index (χ2v) is 5.09. The van der Waals surface area contributed by atoms with E-state index >= 15 is 0 Å². The normalized spacial score (nSPS) is 12.7. The van der Waals surface area contributed by atoms with E-state index in [-0.39, 0.29) is 6.61 Å². The van der Waals surface area contributed by atoms with Crippen LogP contribution in [-0.4, -0.2) is 23.2 Å². The predicted molar refractivity (Wildman–Crippen MR) is 78.9 cm³/mol. The number of fused-ring (bicyclic) bond motifs is 1. The van der Waals surface area contributed by atoms with Gasteiger partial charge in [-0.2, -0.15) is 0 Å². The molecule has 2 aromatic rings. The molecule has 0 amide bonds. The summed E-state index contributed by atoms with van der Waals surface area (Å²) < 4.78 is 0. The van der Waals surface area contributed by atoms with E-state index in [0.29, 0.717) is 5.92 Å². The van der Waals surface area contributed by atoms with Gasteiger partial charge in [0.2, 0.25) is 0 Å². The van der Waals surface area contributed by atoms with Crippen LogP contribution in [-0.2, 0) is 6.54 Å². The van der Waals surface area contributed by atoms with Crippen molar-refractivity contribution in [2.45, 2.75) is 26.3 Å². The fourth-order valence-electron chi connectivity index (χ4n) is 2.20. The molecule has 1 unspecified atom stereocenters. The van der Waals surface area contributed by atoms with Crippen LogP contribution in [0.4, 0.5) is 0 Å². The van der Waals surface area contributed by atoms with Gasteiger partial charge in [-0.1, -0.05) is 25.1 Å². The maximum absolute atomic E-state index is 8.96. The van der Waals surface area contributed by atoms with Gasteiger partial charge >= 0.3 is 0 Å². The topological polar surface area (TPSA) is 45.1 Å². The number of benzene rings is 1. The molecule has 0 bridgehead atoms. The lowest BCUT2D eigenvalue weighted by atomic mass is 10.1. The van der Waals surface area contributed by atoms with Gasteiger partial charge < -0.3 is 10.4 Å². The molecule has 3 nitrogen and oxygen atoms in total. The lowest BCUT2D eigenvalue weighted by Crippen LogP contribution is -2.16. The standard InChI is InChI=1S/C16H22N2O/c1-13(12-19)5-4-9-17-11-14-8-10-18-16-7-3-2-6-15(14)16/h2-3,6-8,10,13,17,19H,4-5,9,11-12H2,1H3. The fourth-order valence-corrected chi connectivity index (χ4v) is 2.20. The Hall–Kier alpha value is -1.45. The smallest absolute Gasteiger partial charge is 0.0705 e. The summed E-state index contributed by atoms with van der Waals surface area (Å²) in [5, 5.41) is 13.6. The molecule has 0 fully saturated rings. The molecular formula is C16H22N2O. The average Bonchev–Trinajstić information content (AvgIpc) is 2.46. The maximum atomic E-state index is 8.96. The van der Waals surface area contributed by atoms with E-state index in [2.05, 4.69) is 35.4 Å². The highest BCUT2D eigenvalue weighted by molar-refractivity contribution is 5.81. The number of hydrogen-bond acceptors (Lipinski definition) is 3. The van der Waals surface area contributed by atoms with Gasteiger partial charge in [-0.05, 0) is 43.0 Å². The van der Waals surface area contributed by atoms with E-state index in [1.807, 2.05) is 18.3 Å². The van der Waals surface area contributed by atoms with Crippen LogP contribution in [0.15, 0.2) is 36.5 Å². The summed E-state index contributed by atoms with van der Waals surface area (Å²) in [6.45, 7) is 4.23. The van der Waals surface area contributed by atoms with Crippen LogP contribution in [0, 0.1) is 5.92 Å². The van der Waals surface area contributed by atoms with E-state index in [0.717, 1.165) is 31.4 Å². The Labute approximate surface area is 114 Å². The zero-order valence-corrected chi connectivity index (χ0v) is 11.5. The Bertz CT molecular complexity index is 508. The number of aliphatic hydroxyl groups is 1. The highest BCUT2D eigenvalue weighted by atomic mass is 16.3. The Morgan fingerprint density at radius 1 is 1.26 bits per heavy atom. The van der Waals surface area contributed by atoms with E-state index < -0.39 is 0 Å². The summed E-state index contributed by atoms with van der Waals surface area (Å²) in [6, 6.07) is 10.3. The van der Waals surface area contributed by atoms with E-state index in [1.165, 1.54) is 10.9 Å². The first kappa shape index (κ1) is 14.0. The van der Waals surface area contributed by atoms with Crippen molar-refractivity contribution in [2.24, 2.45) is 5.92 Å². The quantitative estimate of drug-likeness (QED) is 0.751. The largest absolute Gasteiger partial charge is 0.396 e. The van der Waals surface area contributed by atoms with E-state index in [4.69, 9.17) is 5.11 Å². The van der Waals surface area contributed by atoms with Gasteiger partial charge in [0.25, 0.3) is 0 Å². The van der Waals surface area contributed by atoms with Crippen molar-refractivity contribution in [3.8, 4) is 0 Å². The van der Waals surface area contributed by atoms with Crippen molar-refractivity contribution in [2.75, 3.05) is 13.2 Å². The maximum Gasteiger partial charge on any atom is 0.0705 e. The second-order valence-electron chi connectivity index (χ2n) is 5.09. The van der Waals surface area contributed by atoms with Crippen molar-refractivity contribution >= 4 is 10.9 Å². The number of nitrogens with one attached hydrogen (secondary N) is 1. The molecule has 0 saturated heterocycles. The molecule has 1 atom stereocenters. The van der Waals surface area contributed by atoms with Gasteiger partial charge in [0, 0.05) is 24.7 Å². The highest BCUT2D eigenvalue weighted by Crippen LogP contribution is 2.15. The minimum absolute atomic E-state index is 0.287. The molecule has 0 aliphatic heterocycles. The number of aromatic nitrogens is 1. The molecule has 2 rings (SSSR count). The summed E-state index contributed by atoms with van der Waals surface area (Å²) >= 11 is 0.